The van der Waals surface area contributed by atoms with Crippen LogP contribution in [0.2, 0.25) is 5.02 Å². The Morgan fingerprint density at radius 1 is 1.46 bits per heavy atom. The highest BCUT2D eigenvalue weighted by atomic mass is 35.5. The van der Waals surface area contributed by atoms with Crippen molar-refractivity contribution in [2.75, 3.05) is 18.6 Å². The van der Waals surface area contributed by atoms with Gasteiger partial charge in [0.05, 0.1) is 15.5 Å². The van der Waals surface area contributed by atoms with Gasteiger partial charge < -0.3 is 4.90 Å². The Hall–Kier alpha value is -3.04. The third-order valence-corrected chi connectivity index (χ3v) is 5.46. The van der Waals surface area contributed by atoms with E-state index in [-0.39, 0.29) is 33.5 Å². The molecule has 13 heteroatoms. The number of rotatable bonds is 5. The molecule has 0 aliphatic heterocycles. The number of nitrogens with zero attached hydrogens (tertiary/aromatic N) is 7. The highest BCUT2D eigenvalue weighted by Crippen LogP contribution is 2.29. The van der Waals surface area contributed by atoms with E-state index in [0.29, 0.717) is 5.84 Å². The fourth-order valence-corrected chi connectivity index (χ4v) is 3.58. The molecular weight excluding hydrogens is 408 g/mol. The van der Waals surface area contributed by atoms with E-state index >= 15 is 0 Å². The standard InChI is InChI=1S/C15H17ClN8O3S/c1-9(18-8-17)23(2)7-11-12(28(4,26)27)6-5-10(13(11)16)14(25)19-15-20-21-22-24(15)3/h5-6H,7H2,1-4H3,(H,19,20,22,25)/b18-9-. The summed E-state index contributed by atoms with van der Waals surface area (Å²) in [7, 11) is -0.458. The van der Waals surface area contributed by atoms with Crippen LogP contribution in [-0.4, -0.2) is 58.6 Å². The number of tetrazole rings is 1. The molecule has 1 aromatic carbocycles. The Morgan fingerprint density at radius 3 is 2.68 bits per heavy atom. The van der Waals surface area contributed by atoms with Gasteiger partial charge in [-0.3, -0.25) is 10.1 Å². The zero-order valence-electron chi connectivity index (χ0n) is 15.5. The van der Waals surface area contributed by atoms with Crippen molar-refractivity contribution in [3.63, 3.8) is 0 Å². The molecule has 148 valence electrons. The van der Waals surface area contributed by atoms with Crippen molar-refractivity contribution in [2.24, 2.45) is 12.0 Å². The van der Waals surface area contributed by atoms with E-state index in [1.807, 2.05) is 0 Å². The maximum absolute atomic E-state index is 12.6. The van der Waals surface area contributed by atoms with Gasteiger partial charge >= 0.3 is 0 Å². The van der Waals surface area contributed by atoms with E-state index in [2.05, 4.69) is 25.8 Å². The Kier molecular flexibility index (Phi) is 6.32. The SMILES string of the molecule is C/C(=N/C#N)N(C)Cc1c(S(C)(=O)=O)ccc(C(=O)Nc2nnnn2C)c1Cl. The van der Waals surface area contributed by atoms with Crippen molar-refractivity contribution < 1.29 is 13.2 Å². The van der Waals surface area contributed by atoms with Crippen LogP contribution >= 0.6 is 11.6 Å². The van der Waals surface area contributed by atoms with Crippen LogP contribution in [0, 0.1) is 11.5 Å². The van der Waals surface area contributed by atoms with E-state index in [1.165, 1.54) is 16.8 Å². The summed E-state index contributed by atoms with van der Waals surface area (Å²) in [5.41, 5.74) is 0.262. The van der Waals surface area contributed by atoms with Gasteiger partial charge in [-0.2, -0.15) is 10.3 Å². The molecule has 0 saturated carbocycles. The van der Waals surface area contributed by atoms with Crippen molar-refractivity contribution in [1.29, 1.82) is 5.26 Å². The van der Waals surface area contributed by atoms with Crippen LogP contribution in [0.1, 0.15) is 22.8 Å². The average molecular weight is 425 g/mol. The van der Waals surface area contributed by atoms with E-state index in [9.17, 15) is 13.2 Å². The van der Waals surface area contributed by atoms with Gasteiger partial charge in [-0.1, -0.05) is 16.7 Å². The number of aliphatic imine (C=N–C) groups is 1. The number of carbonyl (C=O) groups is 1. The van der Waals surface area contributed by atoms with Crippen LogP contribution in [0.15, 0.2) is 22.0 Å². The Labute approximate surface area is 166 Å². The first-order chi connectivity index (χ1) is 13.1. The lowest BCUT2D eigenvalue weighted by molar-refractivity contribution is 0.102. The van der Waals surface area contributed by atoms with Gasteiger partial charge in [-0.25, -0.2) is 13.1 Å². The fraction of sp³-hybridized carbons (Fsp3) is 0.333. The third kappa shape index (κ3) is 4.62. The van der Waals surface area contributed by atoms with Crippen LogP contribution in [-0.2, 0) is 23.4 Å². The van der Waals surface area contributed by atoms with E-state index < -0.39 is 15.7 Å². The number of aromatic nitrogens is 4. The molecule has 0 fully saturated rings. The monoisotopic (exact) mass is 424 g/mol. The summed E-state index contributed by atoms with van der Waals surface area (Å²) < 4.78 is 25.6. The molecule has 1 heterocycles. The average Bonchev–Trinajstić information content (AvgIpc) is 3.00. The zero-order valence-corrected chi connectivity index (χ0v) is 17.1. The number of amidine groups is 1. The molecule has 0 spiro atoms. The number of hydrogen-bond acceptors (Lipinski definition) is 8. The van der Waals surface area contributed by atoms with Crippen molar-refractivity contribution in [2.45, 2.75) is 18.4 Å². The Balaban J connectivity index is 2.50. The van der Waals surface area contributed by atoms with Gasteiger partial charge in [-0.05, 0) is 29.5 Å². The number of benzene rings is 1. The highest BCUT2D eigenvalue weighted by molar-refractivity contribution is 7.90. The molecule has 1 aromatic heterocycles. The molecule has 1 N–H and O–H groups in total. The first kappa shape index (κ1) is 21.3. The number of hydrogen-bond donors (Lipinski definition) is 1. The molecule has 0 radical (unpaired) electrons. The molecule has 0 bridgehead atoms. The number of sulfone groups is 1. The van der Waals surface area contributed by atoms with Gasteiger partial charge in [0.2, 0.25) is 12.1 Å². The highest BCUT2D eigenvalue weighted by Gasteiger charge is 2.23. The molecule has 11 nitrogen and oxygen atoms in total. The van der Waals surface area contributed by atoms with Crippen LogP contribution in [0.3, 0.4) is 0 Å². The molecule has 0 saturated heterocycles. The number of aryl methyl sites for hydroxylation is 1. The molecule has 0 unspecified atom stereocenters. The summed E-state index contributed by atoms with van der Waals surface area (Å²) in [5, 5.41) is 21.9. The quantitative estimate of drug-likeness (QED) is 0.422. The molecule has 0 atom stereocenters. The second-order valence-electron chi connectivity index (χ2n) is 5.87. The fourth-order valence-electron chi connectivity index (χ4n) is 2.29. The molecule has 0 aliphatic carbocycles. The molecule has 0 aliphatic rings. The third-order valence-electron chi connectivity index (χ3n) is 3.85. The minimum atomic E-state index is -3.62. The Morgan fingerprint density at radius 2 is 2.14 bits per heavy atom. The number of halogens is 1. The lowest BCUT2D eigenvalue weighted by Gasteiger charge is -2.21. The largest absolute Gasteiger partial charge is 0.358 e. The summed E-state index contributed by atoms with van der Waals surface area (Å²) in [5.74, 6) is -0.142. The smallest absolute Gasteiger partial charge is 0.259 e. The maximum atomic E-state index is 12.6. The summed E-state index contributed by atoms with van der Waals surface area (Å²) in [4.78, 5) is 17.7. The first-order valence-electron chi connectivity index (χ1n) is 7.76. The van der Waals surface area contributed by atoms with Gasteiger partial charge in [0.25, 0.3) is 5.91 Å². The minimum Gasteiger partial charge on any atom is -0.358 e. The van der Waals surface area contributed by atoms with Gasteiger partial charge in [0.1, 0.15) is 5.84 Å². The van der Waals surface area contributed by atoms with Crippen molar-refractivity contribution >= 4 is 39.1 Å². The van der Waals surface area contributed by atoms with Crippen LogP contribution in [0.5, 0.6) is 0 Å². The van der Waals surface area contributed by atoms with Crippen LogP contribution in [0.4, 0.5) is 5.95 Å². The van der Waals surface area contributed by atoms with Crippen LogP contribution in [0.25, 0.3) is 0 Å². The summed E-state index contributed by atoms with van der Waals surface area (Å²) in [6.45, 7) is 1.61. The number of carbonyl (C=O) groups excluding carboxylic acids is 1. The van der Waals surface area contributed by atoms with E-state index in [4.69, 9.17) is 16.9 Å². The lowest BCUT2D eigenvalue weighted by Crippen LogP contribution is -2.25. The summed E-state index contributed by atoms with van der Waals surface area (Å²) >= 11 is 6.41. The topological polar surface area (TPSA) is 146 Å². The number of nitriles is 1. The van der Waals surface area contributed by atoms with E-state index in [1.54, 1.807) is 32.1 Å². The predicted octanol–water partition coefficient (Wildman–Crippen LogP) is 0.851. The molecule has 28 heavy (non-hydrogen) atoms. The normalized spacial score (nSPS) is 11.8. The van der Waals surface area contributed by atoms with Crippen molar-refractivity contribution in [1.82, 2.24) is 25.1 Å². The second kappa shape index (κ2) is 8.32. The van der Waals surface area contributed by atoms with Gasteiger partial charge in [0, 0.05) is 32.5 Å². The van der Waals surface area contributed by atoms with Crippen molar-refractivity contribution in [3.8, 4) is 6.19 Å². The molecule has 2 rings (SSSR count). The lowest BCUT2D eigenvalue weighted by atomic mass is 10.1. The van der Waals surface area contributed by atoms with Gasteiger partial charge in [0.15, 0.2) is 9.84 Å². The maximum Gasteiger partial charge on any atom is 0.259 e. The first-order valence-corrected chi connectivity index (χ1v) is 10.0. The molecule has 1 amide bonds. The molecular formula is C15H17ClN8O3S. The zero-order chi connectivity index (χ0) is 21.1. The number of amides is 1. The number of nitrogens with one attached hydrogen (secondary N) is 1. The van der Waals surface area contributed by atoms with E-state index in [0.717, 1.165) is 6.26 Å². The summed E-state index contributed by atoms with van der Waals surface area (Å²) in [6, 6.07) is 2.63. The number of anilines is 1. The summed E-state index contributed by atoms with van der Waals surface area (Å²) in [6.07, 6.45) is 2.71. The molecule has 2 aromatic rings. The predicted molar refractivity (Wildman–Crippen MR) is 102 cm³/mol. The minimum absolute atomic E-state index is 0.0187. The van der Waals surface area contributed by atoms with Crippen LogP contribution < -0.4 is 5.32 Å². The van der Waals surface area contributed by atoms with Gasteiger partial charge in [-0.15, -0.1) is 0 Å². The Bertz CT molecular complexity index is 1090. The second-order valence-corrected chi connectivity index (χ2v) is 8.23. The van der Waals surface area contributed by atoms with Crippen molar-refractivity contribution in [3.05, 3.63) is 28.3 Å².